The highest BCUT2D eigenvalue weighted by Crippen LogP contribution is 2.19. The monoisotopic (exact) mass is 332 g/mol. The van der Waals surface area contributed by atoms with Gasteiger partial charge in [-0.1, -0.05) is 12.5 Å². The molecule has 0 saturated carbocycles. The Morgan fingerprint density at radius 2 is 2.21 bits per heavy atom. The molecular weight excluding hydrogens is 307 g/mol. The number of halogens is 1. The van der Waals surface area contributed by atoms with E-state index in [1.807, 2.05) is 0 Å². The van der Waals surface area contributed by atoms with Gasteiger partial charge in [-0.25, -0.2) is 4.39 Å². The summed E-state index contributed by atoms with van der Waals surface area (Å²) in [5.41, 5.74) is 0.610. The van der Waals surface area contributed by atoms with E-state index >= 15 is 0 Å². The Labute approximate surface area is 142 Å². The molecule has 2 heterocycles. The Hall–Kier alpha value is -1.79. The van der Waals surface area contributed by atoms with E-state index in [0.717, 1.165) is 13.1 Å². The van der Waals surface area contributed by atoms with Crippen molar-refractivity contribution in [1.29, 1.82) is 0 Å². The average Bonchev–Trinajstić information content (AvgIpc) is 3.02. The molecule has 0 N–H and O–H groups in total. The Kier molecular flexibility index (Phi) is 5.58. The van der Waals surface area contributed by atoms with Crippen LogP contribution in [0, 0.1) is 5.82 Å². The maximum atomic E-state index is 13.3. The van der Waals surface area contributed by atoms with Crippen LogP contribution in [0.5, 0.6) is 0 Å². The summed E-state index contributed by atoms with van der Waals surface area (Å²) >= 11 is 0. The molecule has 2 aromatic rings. The molecule has 1 aromatic carbocycles. The number of nitrogens with zero attached hydrogens (tertiary/aromatic N) is 4. The van der Waals surface area contributed by atoms with Gasteiger partial charge in [0.2, 0.25) is 11.8 Å². The van der Waals surface area contributed by atoms with Crippen LogP contribution in [0.3, 0.4) is 0 Å². The van der Waals surface area contributed by atoms with Gasteiger partial charge in [0.05, 0.1) is 6.54 Å². The van der Waals surface area contributed by atoms with E-state index in [9.17, 15) is 4.39 Å². The van der Waals surface area contributed by atoms with Gasteiger partial charge in [-0.05, 0) is 51.6 Å². The zero-order valence-electron chi connectivity index (χ0n) is 14.4. The molecular formula is C18H25FN4O. The smallest absolute Gasteiger partial charge is 0.247 e. The molecule has 0 aliphatic carbocycles. The third-order valence-electron chi connectivity index (χ3n) is 4.65. The maximum Gasteiger partial charge on any atom is 0.247 e. The van der Waals surface area contributed by atoms with E-state index in [4.69, 9.17) is 4.42 Å². The molecule has 1 aliphatic heterocycles. The molecule has 0 amide bonds. The number of piperidine rings is 1. The van der Waals surface area contributed by atoms with Crippen molar-refractivity contribution in [3.05, 3.63) is 36.0 Å². The molecule has 1 fully saturated rings. The fourth-order valence-corrected chi connectivity index (χ4v) is 3.15. The molecule has 1 atom stereocenters. The summed E-state index contributed by atoms with van der Waals surface area (Å²) < 4.78 is 18.9. The zero-order valence-corrected chi connectivity index (χ0v) is 14.4. The predicted molar refractivity (Wildman–Crippen MR) is 90.9 cm³/mol. The van der Waals surface area contributed by atoms with Gasteiger partial charge in [0.1, 0.15) is 5.82 Å². The Morgan fingerprint density at radius 3 is 3.00 bits per heavy atom. The van der Waals surface area contributed by atoms with Crippen LogP contribution in [-0.2, 0) is 6.54 Å². The first-order chi connectivity index (χ1) is 11.6. The van der Waals surface area contributed by atoms with E-state index in [1.54, 1.807) is 12.1 Å². The fraction of sp³-hybridized carbons (Fsp3) is 0.556. The normalized spacial score (nSPS) is 19.1. The molecule has 0 radical (unpaired) electrons. The van der Waals surface area contributed by atoms with Crippen molar-refractivity contribution < 1.29 is 8.81 Å². The van der Waals surface area contributed by atoms with E-state index in [0.29, 0.717) is 29.9 Å². The van der Waals surface area contributed by atoms with Gasteiger partial charge < -0.3 is 4.42 Å². The van der Waals surface area contributed by atoms with Crippen LogP contribution in [0.15, 0.2) is 28.7 Å². The van der Waals surface area contributed by atoms with Crippen LogP contribution < -0.4 is 0 Å². The first kappa shape index (κ1) is 17.0. The quantitative estimate of drug-likeness (QED) is 0.813. The van der Waals surface area contributed by atoms with Crippen molar-refractivity contribution in [3.8, 4) is 11.5 Å². The largest absolute Gasteiger partial charge is 0.419 e. The number of likely N-dealkylation sites (N-methyl/N-ethyl adjacent to an activating group) is 1. The van der Waals surface area contributed by atoms with Gasteiger partial charge in [0.15, 0.2) is 0 Å². The number of hydrogen-bond donors (Lipinski definition) is 0. The molecule has 1 saturated heterocycles. The summed E-state index contributed by atoms with van der Waals surface area (Å²) in [6.07, 6.45) is 3.94. The minimum Gasteiger partial charge on any atom is -0.419 e. The predicted octanol–water partition coefficient (Wildman–Crippen LogP) is 3.18. The van der Waals surface area contributed by atoms with Crippen molar-refractivity contribution in [1.82, 2.24) is 20.0 Å². The molecule has 0 unspecified atom stereocenters. The lowest BCUT2D eigenvalue weighted by Gasteiger charge is -2.34. The number of likely N-dealkylation sites (tertiary alicyclic amines) is 1. The van der Waals surface area contributed by atoms with Crippen LogP contribution >= 0.6 is 0 Å². The Morgan fingerprint density at radius 1 is 1.33 bits per heavy atom. The van der Waals surface area contributed by atoms with Gasteiger partial charge in [0.25, 0.3) is 0 Å². The molecule has 24 heavy (non-hydrogen) atoms. The number of hydrogen-bond acceptors (Lipinski definition) is 5. The van der Waals surface area contributed by atoms with Crippen molar-refractivity contribution in [2.75, 3.05) is 26.7 Å². The molecule has 1 aromatic heterocycles. The second kappa shape index (κ2) is 7.85. The van der Waals surface area contributed by atoms with Crippen LogP contribution in [0.1, 0.15) is 32.1 Å². The maximum absolute atomic E-state index is 13.3. The molecule has 5 nitrogen and oxygen atoms in total. The van der Waals surface area contributed by atoms with Crippen LogP contribution in [0.25, 0.3) is 11.5 Å². The first-order valence-electron chi connectivity index (χ1n) is 8.63. The molecule has 0 spiro atoms. The molecule has 130 valence electrons. The van der Waals surface area contributed by atoms with Gasteiger partial charge in [-0.15, -0.1) is 10.2 Å². The third-order valence-corrected chi connectivity index (χ3v) is 4.65. The molecule has 1 aliphatic rings. The first-order valence-corrected chi connectivity index (χ1v) is 8.63. The summed E-state index contributed by atoms with van der Waals surface area (Å²) in [5, 5.41) is 8.10. The highest BCUT2D eigenvalue weighted by molar-refractivity contribution is 5.52. The van der Waals surface area contributed by atoms with E-state index in [1.165, 1.54) is 37.9 Å². The number of rotatable bonds is 6. The van der Waals surface area contributed by atoms with E-state index in [2.05, 4.69) is 34.0 Å². The lowest BCUT2D eigenvalue weighted by atomic mass is 10.0. The molecule has 3 rings (SSSR count). The van der Waals surface area contributed by atoms with Gasteiger partial charge >= 0.3 is 0 Å². The third kappa shape index (κ3) is 4.39. The van der Waals surface area contributed by atoms with Crippen molar-refractivity contribution >= 4 is 0 Å². The second-order valence-corrected chi connectivity index (χ2v) is 6.63. The van der Waals surface area contributed by atoms with Crippen molar-refractivity contribution in [2.45, 2.75) is 38.8 Å². The van der Waals surface area contributed by atoms with Crippen molar-refractivity contribution in [2.24, 2.45) is 0 Å². The SMILES string of the molecule is C[C@H]1CCCCN1CCN(C)Cc1nnc(-c2cccc(F)c2)o1. The average molecular weight is 332 g/mol. The van der Waals surface area contributed by atoms with E-state index < -0.39 is 0 Å². The van der Waals surface area contributed by atoms with Crippen LogP contribution in [-0.4, -0.2) is 52.7 Å². The van der Waals surface area contributed by atoms with E-state index in [-0.39, 0.29) is 5.82 Å². The highest BCUT2D eigenvalue weighted by atomic mass is 19.1. The standard InChI is InChI=1S/C18H25FN4O/c1-14-6-3-4-9-23(14)11-10-22(2)13-17-20-21-18(24-17)15-7-5-8-16(19)12-15/h5,7-8,12,14H,3-4,6,9-11,13H2,1-2H3/t14-/m0/s1. The molecule has 6 heteroatoms. The minimum atomic E-state index is -0.306. The summed E-state index contributed by atoms with van der Waals surface area (Å²) in [6.45, 7) is 6.12. The van der Waals surface area contributed by atoms with Gasteiger partial charge in [-0.3, -0.25) is 9.80 Å². The van der Waals surface area contributed by atoms with Crippen molar-refractivity contribution in [3.63, 3.8) is 0 Å². The minimum absolute atomic E-state index is 0.306. The Balaban J connectivity index is 1.52. The van der Waals surface area contributed by atoms with Crippen LogP contribution in [0.4, 0.5) is 4.39 Å². The molecule has 0 bridgehead atoms. The second-order valence-electron chi connectivity index (χ2n) is 6.63. The highest BCUT2D eigenvalue weighted by Gasteiger charge is 2.18. The summed E-state index contributed by atoms with van der Waals surface area (Å²) in [7, 11) is 2.06. The number of aromatic nitrogens is 2. The number of benzene rings is 1. The summed E-state index contributed by atoms with van der Waals surface area (Å²) in [6, 6.07) is 6.88. The summed E-state index contributed by atoms with van der Waals surface area (Å²) in [5.74, 6) is 0.617. The fourth-order valence-electron chi connectivity index (χ4n) is 3.15. The van der Waals surface area contributed by atoms with Crippen LogP contribution in [0.2, 0.25) is 0 Å². The topological polar surface area (TPSA) is 45.4 Å². The Bertz CT molecular complexity index is 660. The van der Waals surface area contributed by atoms with Gasteiger partial charge in [-0.2, -0.15) is 0 Å². The zero-order chi connectivity index (χ0) is 16.9. The summed E-state index contributed by atoms with van der Waals surface area (Å²) in [4.78, 5) is 4.73. The van der Waals surface area contributed by atoms with Gasteiger partial charge in [0, 0.05) is 24.7 Å². The lowest BCUT2D eigenvalue weighted by Crippen LogP contribution is -2.41. The lowest BCUT2D eigenvalue weighted by molar-refractivity contribution is 0.138.